The number of hydrogen-bond acceptors (Lipinski definition) is 4. The molecule has 0 heterocycles. The lowest BCUT2D eigenvalue weighted by atomic mass is 9.98. The quantitative estimate of drug-likeness (QED) is 0.438. The molecule has 0 saturated carbocycles. The number of oxime groups is 1. The molecular formula is C15H16N2O2. The Bertz CT molecular complexity index is 526. The highest BCUT2D eigenvalue weighted by Gasteiger charge is 2.15. The molecule has 1 atom stereocenters. The van der Waals surface area contributed by atoms with E-state index >= 15 is 0 Å². The fraction of sp³-hybridized carbons (Fsp3) is 0.133. The molecule has 0 aromatic heterocycles. The van der Waals surface area contributed by atoms with Gasteiger partial charge in [-0.2, -0.15) is 5.48 Å². The number of nitrogens with zero attached hydrogens (tertiary/aromatic N) is 1. The molecule has 2 aromatic rings. The molecule has 0 fully saturated rings. The Kier molecular flexibility index (Phi) is 4.66. The highest BCUT2D eigenvalue weighted by Crippen LogP contribution is 2.19. The van der Waals surface area contributed by atoms with Crippen molar-refractivity contribution in [3.8, 4) is 0 Å². The van der Waals surface area contributed by atoms with Crippen molar-refractivity contribution >= 4 is 5.71 Å². The highest BCUT2D eigenvalue weighted by molar-refractivity contribution is 6.00. The molecule has 0 spiro atoms. The summed E-state index contributed by atoms with van der Waals surface area (Å²) < 4.78 is 0. The van der Waals surface area contributed by atoms with E-state index < -0.39 is 0 Å². The first-order chi connectivity index (χ1) is 9.35. The minimum absolute atomic E-state index is 0.313. The Morgan fingerprint density at radius 2 is 1.58 bits per heavy atom. The van der Waals surface area contributed by atoms with Gasteiger partial charge in [-0.1, -0.05) is 65.8 Å². The van der Waals surface area contributed by atoms with Gasteiger partial charge in [0.05, 0.1) is 11.8 Å². The van der Waals surface area contributed by atoms with Crippen LogP contribution in [0.1, 0.15) is 23.6 Å². The number of rotatable bonds is 5. The molecule has 4 heteroatoms. The summed E-state index contributed by atoms with van der Waals surface area (Å²) in [4.78, 5) is 0. The largest absolute Gasteiger partial charge is 0.411 e. The zero-order valence-electron chi connectivity index (χ0n) is 10.4. The summed E-state index contributed by atoms with van der Waals surface area (Å²) in [6.45, 7) is 0. The maximum Gasteiger partial charge on any atom is 0.0887 e. The molecule has 19 heavy (non-hydrogen) atoms. The van der Waals surface area contributed by atoms with Gasteiger partial charge in [0, 0.05) is 6.42 Å². The van der Waals surface area contributed by atoms with Crippen LogP contribution in [0.25, 0.3) is 0 Å². The van der Waals surface area contributed by atoms with Crippen molar-refractivity contribution in [1.82, 2.24) is 5.48 Å². The molecular weight excluding hydrogens is 240 g/mol. The SMILES string of the molecule is ON=C(CC(NO)c1ccccc1)c1ccccc1. The molecule has 98 valence electrons. The molecule has 1 unspecified atom stereocenters. The summed E-state index contributed by atoms with van der Waals surface area (Å²) >= 11 is 0. The predicted molar refractivity (Wildman–Crippen MR) is 73.5 cm³/mol. The third-order valence-corrected chi connectivity index (χ3v) is 2.98. The second-order valence-corrected chi connectivity index (χ2v) is 4.21. The van der Waals surface area contributed by atoms with E-state index in [9.17, 15) is 5.21 Å². The zero-order valence-corrected chi connectivity index (χ0v) is 10.4. The summed E-state index contributed by atoms with van der Waals surface area (Å²) in [5, 5.41) is 21.8. The summed E-state index contributed by atoms with van der Waals surface area (Å²) in [5.74, 6) is 0. The van der Waals surface area contributed by atoms with Crippen molar-refractivity contribution in [2.24, 2.45) is 5.16 Å². The van der Waals surface area contributed by atoms with Crippen molar-refractivity contribution in [2.75, 3.05) is 0 Å². The Labute approximate surface area is 112 Å². The molecule has 0 amide bonds. The van der Waals surface area contributed by atoms with Crippen LogP contribution in [0.15, 0.2) is 65.8 Å². The molecule has 0 aliphatic heterocycles. The summed E-state index contributed by atoms with van der Waals surface area (Å²) in [6, 6.07) is 18.6. The smallest absolute Gasteiger partial charge is 0.0887 e. The lowest BCUT2D eigenvalue weighted by Gasteiger charge is -2.16. The fourth-order valence-corrected chi connectivity index (χ4v) is 1.96. The predicted octanol–water partition coefficient (Wildman–Crippen LogP) is 2.98. The third-order valence-electron chi connectivity index (χ3n) is 2.98. The third kappa shape index (κ3) is 3.40. The van der Waals surface area contributed by atoms with Crippen LogP contribution in [0.2, 0.25) is 0 Å². The Morgan fingerprint density at radius 3 is 2.11 bits per heavy atom. The minimum atomic E-state index is -0.313. The van der Waals surface area contributed by atoms with Gasteiger partial charge in [0.15, 0.2) is 0 Å². The number of hydrogen-bond donors (Lipinski definition) is 3. The van der Waals surface area contributed by atoms with E-state index in [1.165, 1.54) is 0 Å². The summed E-state index contributed by atoms with van der Waals surface area (Å²) in [6.07, 6.45) is 0.390. The standard InChI is InChI=1S/C15H16N2O2/c18-16-14(12-7-3-1-4-8-12)11-15(17-19)13-9-5-2-6-10-13/h1-10,14,16,18-19H,11H2. The van der Waals surface area contributed by atoms with Gasteiger partial charge in [-0.25, -0.2) is 0 Å². The highest BCUT2D eigenvalue weighted by atomic mass is 16.5. The van der Waals surface area contributed by atoms with Crippen LogP contribution in [0, 0.1) is 0 Å². The lowest BCUT2D eigenvalue weighted by Crippen LogP contribution is -2.21. The maximum atomic E-state index is 9.28. The molecule has 0 radical (unpaired) electrons. The Hall–Kier alpha value is -2.17. The van der Waals surface area contributed by atoms with E-state index in [-0.39, 0.29) is 6.04 Å². The molecule has 0 bridgehead atoms. The lowest BCUT2D eigenvalue weighted by molar-refractivity contribution is 0.128. The van der Waals surface area contributed by atoms with Crippen molar-refractivity contribution < 1.29 is 10.4 Å². The van der Waals surface area contributed by atoms with Gasteiger partial charge in [-0.15, -0.1) is 0 Å². The number of hydroxylamine groups is 1. The molecule has 3 N–H and O–H groups in total. The van der Waals surface area contributed by atoms with Crippen LogP contribution < -0.4 is 5.48 Å². The van der Waals surface area contributed by atoms with Crippen LogP contribution in [0.3, 0.4) is 0 Å². The van der Waals surface area contributed by atoms with Gasteiger partial charge < -0.3 is 10.4 Å². The monoisotopic (exact) mass is 256 g/mol. The van der Waals surface area contributed by atoms with Gasteiger partial charge in [-0.3, -0.25) is 0 Å². The van der Waals surface area contributed by atoms with E-state index in [0.29, 0.717) is 12.1 Å². The maximum absolute atomic E-state index is 9.28. The summed E-state index contributed by atoms with van der Waals surface area (Å²) in [7, 11) is 0. The molecule has 0 saturated heterocycles. The van der Waals surface area contributed by atoms with Crippen LogP contribution in [0.4, 0.5) is 0 Å². The first kappa shape index (κ1) is 13.3. The topological polar surface area (TPSA) is 64.9 Å². The zero-order chi connectivity index (χ0) is 13.5. The number of benzene rings is 2. The van der Waals surface area contributed by atoms with E-state index in [1.54, 1.807) is 0 Å². The number of nitrogens with one attached hydrogen (secondary N) is 1. The molecule has 0 aliphatic rings. The van der Waals surface area contributed by atoms with E-state index in [2.05, 4.69) is 10.6 Å². The Balaban J connectivity index is 2.18. The van der Waals surface area contributed by atoms with Crippen LogP contribution in [0.5, 0.6) is 0 Å². The van der Waals surface area contributed by atoms with Gasteiger partial charge in [0.25, 0.3) is 0 Å². The molecule has 4 nitrogen and oxygen atoms in total. The fourth-order valence-electron chi connectivity index (χ4n) is 1.96. The summed E-state index contributed by atoms with van der Waals surface area (Å²) in [5.41, 5.74) is 4.55. The van der Waals surface area contributed by atoms with E-state index in [4.69, 9.17) is 5.21 Å². The normalized spacial score (nSPS) is 13.2. The van der Waals surface area contributed by atoms with E-state index in [0.717, 1.165) is 11.1 Å². The van der Waals surface area contributed by atoms with Gasteiger partial charge in [0.2, 0.25) is 0 Å². The van der Waals surface area contributed by atoms with E-state index in [1.807, 2.05) is 60.7 Å². The van der Waals surface area contributed by atoms with Gasteiger partial charge in [0.1, 0.15) is 0 Å². The Morgan fingerprint density at radius 1 is 1.00 bits per heavy atom. The van der Waals surface area contributed by atoms with Crippen molar-refractivity contribution in [2.45, 2.75) is 12.5 Å². The van der Waals surface area contributed by atoms with Crippen molar-refractivity contribution in [3.63, 3.8) is 0 Å². The van der Waals surface area contributed by atoms with Gasteiger partial charge >= 0.3 is 0 Å². The van der Waals surface area contributed by atoms with Crippen LogP contribution in [-0.2, 0) is 0 Å². The van der Waals surface area contributed by atoms with Crippen LogP contribution >= 0.6 is 0 Å². The first-order valence-corrected chi connectivity index (χ1v) is 6.06. The van der Waals surface area contributed by atoms with Gasteiger partial charge in [-0.05, 0) is 11.1 Å². The second-order valence-electron chi connectivity index (χ2n) is 4.21. The van der Waals surface area contributed by atoms with Crippen molar-refractivity contribution in [1.29, 1.82) is 0 Å². The van der Waals surface area contributed by atoms with Crippen LogP contribution in [-0.4, -0.2) is 16.1 Å². The first-order valence-electron chi connectivity index (χ1n) is 6.06. The second kappa shape index (κ2) is 6.68. The average molecular weight is 256 g/mol. The molecule has 2 rings (SSSR count). The van der Waals surface area contributed by atoms with Crippen molar-refractivity contribution in [3.05, 3.63) is 71.8 Å². The average Bonchev–Trinajstić information content (AvgIpc) is 2.50. The molecule has 2 aromatic carbocycles. The minimum Gasteiger partial charge on any atom is -0.411 e. The molecule has 0 aliphatic carbocycles.